The standard InChI is InChI=1S/C41H78N2O12/c1-16-40(12,13)53-25-26-54-41(14,15)17-20-50-34(46)42-18-21-48-23-24-49-22-19-43-35(47)52-28-31(55-33(45)39(10,11)30-37(5,6)7)27-51-32(44)38(8,9)29-36(2,3)4/h31H,16-30H2,1-15H3,(H,42,46)(H,43,47). The Labute approximate surface area is 332 Å². The third-order valence-corrected chi connectivity index (χ3v) is 8.39. The zero-order valence-corrected chi connectivity index (χ0v) is 37.1. The number of amides is 2. The van der Waals surface area contributed by atoms with Crippen LogP contribution in [0.4, 0.5) is 9.59 Å². The van der Waals surface area contributed by atoms with Crippen molar-refractivity contribution in [3.63, 3.8) is 0 Å². The highest BCUT2D eigenvalue weighted by molar-refractivity contribution is 5.77. The summed E-state index contributed by atoms with van der Waals surface area (Å²) in [5.41, 5.74) is -2.44. The largest absolute Gasteiger partial charge is 0.461 e. The number of hydrogen-bond donors (Lipinski definition) is 2. The summed E-state index contributed by atoms with van der Waals surface area (Å²) in [4.78, 5) is 50.5. The molecule has 0 aliphatic carbocycles. The van der Waals surface area contributed by atoms with E-state index in [1.54, 1.807) is 13.8 Å². The summed E-state index contributed by atoms with van der Waals surface area (Å²) < 4.78 is 44.6. The molecule has 0 fully saturated rings. The number of carbonyl (C=O) groups excluding carboxylic acids is 4. The van der Waals surface area contributed by atoms with Crippen LogP contribution in [0.5, 0.6) is 0 Å². The van der Waals surface area contributed by atoms with Gasteiger partial charge in [0, 0.05) is 19.5 Å². The molecule has 324 valence electrons. The van der Waals surface area contributed by atoms with Crippen molar-refractivity contribution in [2.45, 2.75) is 147 Å². The predicted octanol–water partition coefficient (Wildman–Crippen LogP) is 7.24. The maximum atomic E-state index is 13.2. The monoisotopic (exact) mass is 791 g/mol. The molecule has 14 heteroatoms. The van der Waals surface area contributed by atoms with Crippen LogP contribution in [0.1, 0.15) is 130 Å². The van der Waals surface area contributed by atoms with Crippen LogP contribution in [0.25, 0.3) is 0 Å². The van der Waals surface area contributed by atoms with Gasteiger partial charge in [0.1, 0.15) is 13.2 Å². The van der Waals surface area contributed by atoms with E-state index in [0.29, 0.717) is 32.5 Å². The minimum Gasteiger partial charge on any atom is -0.461 e. The van der Waals surface area contributed by atoms with Gasteiger partial charge in [0.15, 0.2) is 6.10 Å². The molecule has 0 aliphatic rings. The fourth-order valence-electron chi connectivity index (χ4n) is 5.83. The van der Waals surface area contributed by atoms with Crippen LogP contribution in [0.2, 0.25) is 0 Å². The molecule has 0 aromatic rings. The van der Waals surface area contributed by atoms with Gasteiger partial charge in [-0.05, 0) is 85.5 Å². The summed E-state index contributed by atoms with van der Waals surface area (Å²) in [7, 11) is 0. The zero-order valence-electron chi connectivity index (χ0n) is 37.1. The summed E-state index contributed by atoms with van der Waals surface area (Å²) in [6.45, 7) is 31.6. The van der Waals surface area contributed by atoms with Gasteiger partial charge in [-0.25, -0.2) is 9.59 Å². The van der Waals surface area contributed by atoms with Crippen LogP contribution < -0.4 is 10.6 Å². The number of rotatable bonds is 27. The lowest BCUT2D eigenvalue weighted by Crippen LogP contribution is -2.40. The molecule has 0 bridgehead atoms. The average Bonchev–Trinajstić information content (AvgIpc) is 3.02. The van der Waals surface area contributed by atoms with Crippen molar-refractivity contribution in [1.82, 2.24) is 10.6 Å². The first-order chi connectivity index (χ1) is 25.1. The van der Waals surface area contributed by atoms with E-state index in [2.05, 4.69) is 17.6 Å². The van der Waals surface area contributed by atoms with Crippen LogP contribution in [-0.2, 0) is 47.5 Å². The van der Waals surface area contributed by atoms with Crippen molar-refractivity contribution in [3.05, 3.63) is 0 Å². The third-order valence-electron chi connectivity index (χ3n) is 8.39. The molecule has 0 rings (SSSR count). The van der Waals surface area contributed by atoms with Crippen molar-refractivity contribution in [2.75, 3.05) is 72.6 Å². The molecule has 0 heterocycles. The number of alkyl carbamates (subject to hydrolysis) is 2. The van der Waals surface area contributed by atoms with Gasteiger partial charge in [0.25, 0.3) is 0 Å². The topological polar surface area (TPSA) is 166 Å². The highest BCUT2D eigenvalue weighted by Crippen LogP contribution is 2.35. The smallest absolute Gasteiger partial charge is 0.407 e. The second kappa shape index (κ2) is 24.2. The van der Waals surface area contributed by atoms with Crippen molar-refractivity contribution >= 4 is 24.1 Å². The Bertz CT molecular complexity index is 1140. The predicted molar refractivity (Wildman–Crippen MR) is 212 cm³/mol. The molecule has 1 atom stereocenters. The van der Waals surface area contributed by atoms with E-state index < -0.39 is 46.7 Å². The Morgan fingerprint density at radius 1 is 0.509 bits per heavy atom. The van der Waals surface area contributed by atoms with Crippen molar-refractivity contribution < 1.29 is 57.1 Å². The van der Waals surface area contributed by atoms with Gasteiger partial charge in [-0.2, -0.15) is 0 Å². The summed E-state index contributed by atoms with van der Waals surface area (Å²) >= 11 is 0. The number of ether oxygens (including phenoxy) is 8. The first-order valence-corrected chi connectivity index (χ1v) is 19.7. The molecule has 2 amide bonds. The Kier molecular flexibility index (Phi) is 23.0. The second-order valence-corrected chi connectivity index (χ2v) is 19.0. The molecule has 0 aromatic carbocycles. The van der Waals surface area contributed by atoms with E-state index in [0.717, 1.165) is 6.42 Å². The van der Waals surface area contributed by atoms with Crippen molar-refractivity contribution in [3.8, 4) is 0 Å². The molecule has 0 saturated carbocycles. The lowest BCUT2D eigenvalue weighted by atomic mass is 9.76. The van der Waals surface area contributed by atoms with Gasteiger partial charge < -0.3 is 48.5 Å². The highest BCUT2D eigenvalue weighted by atomic mass is 16.6. The van der Waals surface area contributed by atoms with E-state index in [1.807, 2.05) is 83.1 Å². The Balaban J connectivity index is 4.44. The number of carbonyl (C=O) groups is 4. The van der Waals surface area contributed by atoms with Crippen molar-refractivity contribution in [1.29, 1.82) is 0 Å². The third kappa shape index (κ3) is 27.5. The first kappa shape index (κ1) is 52.3. The van der Waals surface area contributed by atoms with Gasteiger partial charge in [-0.15, -0.1) is 0 Å². The Morgan fingerprint density at radius 2 is 0.945 bits per heavy atom. The van der Waals surface area contributed by atoms with Gasteiger partial charge in [-0.1, -0.05) is 48.5 Å². The molecular weight excluding hydrogens is 712 g/mol. The second-order valence-electron chi connectivity index (χ2n) is 19.0. The molecule has 0 aromatic heterocycles. The number of hydrogen-bond acceptors (Lipinski definition) is 12. The zero-order chi connectivity index (χ0) is 42.6. The molecule has 1 unspecified atom stereocenters. The van der Waals surface area contributed by atoms with Crippen LogP contribution in [0, 0.1) is 21.7 Å². The molecule has 0 aliphatic heterocycles. The van der Waals surface area contributed by atoms with Crippen molar-refractivity contribution in [2.24, 2.45) is 21.7 Å². The van der Waals surface area contributed by atoms with Crippen LogP contribution in [0.15, 0.2) is 0 Å². The van der Waals surface area contributed by atoms with E-state index >= 15 is 0 Å². The fraction of sp³-hybridized carbons (Fsp3) is 0.902. The lowest BCUT2D eigenvalue weighted by Gasteiger charge is -2.33. The summed E-state index contributed by atoms with van der Waals surface area (Å²) in [6.07, 6.45) is 0.358. The molecule has 14 nitrogen and oxygen atoms in total. The van der Waals surface area contributed by atoms with E-state index in [1.165, 1.54) is 0 Å². The SMILES string of the molecule is CCC(C)(C)OCCOC(C)(C)CCOC(=O)NCCOCCOCCNC(=O)OCC(COC(=O)C(C)(C)CC(C)(C)C)OC(=O)C(C)(C)CC(C)(C)C. The number of nitrogens with one attached hydrogen (secondary N) is 2. The van der Waals surface area contributed by atoms with Gasteiger partial charge in [0.2, 0.25) is 0 Å². The summed E-state index contributed by atoms with van der Waals surface area (Å²) in [5, 5.41) is 5.23. The molecule has 0 radical (unpaired) electrons. The Morgan fingerprint density at radius 3 is 1.42 bits per heavy atom. The van der Waals surface area contributed by atoms with Crippen LogP contribution >= 0.6 is 0 Å². The molecule has 2 N–H and O–H groups in total. The van der Waals surface area contributed by atoms with Crippen LogP contribution in [0.3, 0.4) is 0 Å². The summed E-state index contributed by atoms with van der Waals surface area (Å²) in [6, 6.07) is 0. The van der Waals surface area contributed by atoms with Gasteiger partial charge in [0.05, 0.1) is 68.3 Å². The Hall–Kier alpha value is -2.68. The van der Waals surface area contributed by atoms with E-state index in [4.69, 9.17) is 37.9 Å². The maximum absolute atomic E-state index is 13.2. The molecule has 0 spiro atoms. The van der Waals surface area contributed by atoms with E-state index in [-0.39, 0.29) is 75.8 Å². The summed E-state index contributed by atoms with van der Waals surface area (Å²) in [5.74, 6) is -0.894. The normalized spacial score (nSPS) is 13.5. The average molecular weight is 791 g/mol. The van der Waals surface area contributed by atoms with Crippen LogP contribution in [-0.4, -0.2) is 114 Å². The van der Waals surface area contributed by atoms with Gasteiger partial charge in [-0.3, -0.25) is 9.59 Å². The lowest BCUT2D eigenvalue weighted by molar-refractivity contribution is -0.173. The molecular formula is C41H78N2O12. The van der Waals surface area contributed by atoms with Gasteiger partial charge >= 0.3 is 24.1 Å². The number of esters is 2. The fourth-order valence-corrected chi connectivity index (χ4v) is 5.83. The molecule has 55 heavy (non-hydrogen) atoms. The maximum Gasteiger partial charge on any atom is 0.407 e. The quantitative estimate of drug-likeness (QED) is 0.0487. The minimum atomic E-state index is -0.989. The van der Waals surface area contributed by atoms with E-state index in [9.17, 15) is 19.2 Å². The highest BCUT2D eigenvalue weighted by Gasteiger charge is 2.38. The minimum absolute atomic E-state index is 0.102. The first-order valence-electron chi connectivity index (χ1n) is 19.7. The molecule has 0 saturated heterocycles.